The molecule has 1 amide bonds. The molecule has 2 rings (SSSR count). The number of pyridine rings is 1. The molecule has 19 heavy (non-hydrogen) atoms. The van der Waals surface area contributed by atoms with Crippen LogP contribution in [0, 0.1) is 0 Å². The van der Waals surface area contributed by atoms with Gasteiger partial charge in [0.1, 0.15) is 5.82 Å². The van der Waals surface area contributed by atoms with Crippen molar-refractivity contribution in [2.24, 2.45) is 0 Å². The molecule has 0 unspecified atom stereocenters. The summed E-state index contributed by atoms with van der Waals surface area (Å²) in [6, 6.07) is 3.80. The molecule has 0 aliphatic carbocycles. The molecule has 0 bridgehead atoms. The smallest absolute Gasteiger partial charge is 0.255 e. The zero-order valence-electron chi connectivity index (χ0n) is 11.6. The molecule has 1 aromatic rings. The number of carbonyl (C=O) groups is 1. The third-order valence-corrected chi connectivity index (χ3v) is 3.33. The largest absolute Gasteiger partial charge is 0.378 e. The molecular weight excluding hydrogens is 242 g/mol. The van der Waals surface area contributed by atoms with E-state index in [0.29, 0.717) is 18.8 Å². The van der Waals surface area contributed by atoms with Gasteiger partial charge in [0.05, 0.1) is 18.8 Å². The van der Waals surface area contributed by atoms with Crippen molar-refractivity contribution < 1.29 is 9.53 Å². The number of ether oxygens (including phenoxy) is 1. The SMILES string of the molecule is CC[C@H](C)NC(=O)c1cccnc1N1CCOCC1. The van der Waals surface area contributed by atoms with Crippen LogP contribution in [-0.4, -0.2) is 43.2 Å². The maximum atomic E-state index is 12.3. The van der Waals surface area contributed by atoms with Gasteiger partial charge in [-0.05, 0) is 25.5 Å². The molecule has 1 aromatic heterocycles. The third-order valence-electron chi connectivity index (χ3n) is 3.33. The lowest BCUT2D eigenvalue weighted by Gasteiger charge is -2.29. The van der Waals surface area contributed by atoms with Gasteiger partial charge in [-0.3, -0.25) is 4.79 Å². The number of carbonyl (C=O) groups excluding carboxylic acids is 1. The van der Waals surface area contributed by atoms with Crippen LogP contribution in [0.3, 0.4) is 0 Å². The number of hydrogen-bond donors (Lipinski definition) is 1. The quantitative estimate of drug-likeness (QED) is 0.893. The number of amides is 1. The van der Waals surface area contributed by atoms with Crippen molar-refractivity contribution in [3.05, 3.63) is 23.9 Å². The number of morpholine rings is 1. The highest BCUT2D eigenvalue weighted by atomic mass is 16.5. The molecule has 1 fully saturated rings. The van der Waals surface area contributed by atoms with Crippen LogP contribution in [-0.2, 0) is 4.74 Å². The molecule has 5 heteroatoms. The summed E-state index contributed by atoms with van der Waals surface area (Å²) in [5, 5.41) is 2.99. The average Bonchev–Trinajstić information content (AvgIpc) is 2.48. The normalized spacial score (nSPS) is 17.1. The summed E-state index contributed by atoms with van der Waals surface area (Å²) < 4.78 is 5.33. The summed E-state index contributed by atoms with van der Waals surface area (Å²) in [5.74, 6) is 0.704. The number of hydrogen-bond acceptors (Lipinski definition) is 4. The molecule has 0 spiro atoms. The Morgan fingerprint density at radius 2 is 2.26 bits per heavy atom. The van der Waals surface area contributed by atoms with E-state index in [9.17, 15) is 4.79 Å². The molecule has 0 aromatic carbocycles. The summed E-state index contributed by atoms with van der Waals surface area (Å²) in [4.78, 5) is 18.7. The lowest BCUT2D eigenvalue weighted by atomic mass is 10.2. The fraction of sp³-hybridized carbons (Fsp3) is 0.571. The van der Waals surface area contributed by atoms with E-state index in [0.717, 1.165) is 25.3 Å². The molecular formula is C14H21N3O2. The predicted octanol–water partition coefficient (Wildman–Crippen LogP) is 1.45. The average molecular weight is 263 g/mol. The first kappa shape index (κ1) is 13.8. The predicted molar refractivity (Wildman–Crippen MR) is 74.5 cm³/mol. The minimum atomic E-state index is -0.0519. The summed E-state index contributed by atoms with van der Waals surface area (Å²) in [6.07, 6.45) is 2.64. The maximum absolute atomic E-state index is 12.3. The second-order valence-electron chi connectivity index (χ2n) is 4.76. The topological polar surface area (TPSA) is 54.5 Å². The van der Waals surface area contributed by atoms with Gasteiger partial charge in [-0.25, -0.2) is 4.98 Å². The van der Waals surface area contributed by atoms with E-state index in [1.165, 1.54) is 0 Å². The van der Waals surface area contributed by atoms with Gasteiger partial charge in [0, 0.05) is 25.3 Å². The number of nitrogens with zero attached hydrogens (tertiary/aromatic N) is 2. The van der Waals surface area contributed by atoms with Crippen molar-refractivity contribution in [3.63, 3.8) is 0 Å². The summed E-state index contributed by atoms with van der Waals surface area (Å²) in [5.41, 5.74) is 0.643. The third kappa shape index (κ3) is 3.44. The monoisotopic (exact) mass is 263 g/mol. The van der Waals surface area contributed by atoms with Gasteiger partial charge < -0.3 is 15.0 Å². The lowest BCUT2D eigenvalue weighted by molar-refractivity contribution is 0.0937. The number of rotatable bonds is 4. The Labute approximate surface area is 114 Å². The fourth-order valence-corrected chi connectivity index (χ4v) is 2.00. The van der Waals surface area contributed by atoms with E-state index < -0.39 is 0 Å². The van der Waals surface area contributed by atoms with Gasteiger partial charge in [0.15, 0.2) is 0 Å². The van der Waals surface area contributed by atoms with Gasteiger partial charge in [-0.1, -0.05) is 6.92 Å². The van der Waals surface area contributed by atoms with Gasteiger partial charge in [0.25, 0.3) is 5.91 Å². The molecule has 1 aliphatic heterocycles. The van der Waals surface area contributed by atoms with Crippen LogP contribution in [0.2, 0.25) is 0 Å². The van der Waals surface area contributed by atoms with Crippen LogP contribution in [0.15, 0.2) is 18.3 Å². The highest BCUT2D eigenvalue weighted by molar-refractivity contribution is 5.99. The van der Waals surface area contributed by atoms with Gasteiger partial charge in [-0.2, -0.15) is 0 Å². The van der Waals surface area contributed by atoms with Crippen molar-refractivity contribution in [1.29, 1.82) is 0 Å². The molecule has 1 saturated heterocycles. The highest BCUT2D eigenvalue weighted by Gasteiger charge is 2.20. The minimum Gasteiger partial charge on any atom is -0.378 e. The van der Waals surface area contributed by atoms with Crippen molar-refractivity contribution in [2.75, 3.05) is 31.2 Å². The molecule has 2 heterocycles. The van der Waals surface area contributed by atoms with Crippen LogP contribution in [0.25, 0.3) is 0 Å². The van der Waals surface area contributed by atoms with E-state index in [1.54, 1.807) is 12.3 Å². The Balaban J connectivity index is 2.17. The van der Waals surface area contributed by atoms with Crippen molar-refractivity contribution in [3.8, 4) is 0 Å². The zero-order chi connectivity index (χ0) is 13.7. The second kappa shape index (κ2) is 6.52. The van der Waals surface area contributed by atoms with Crippen LogP contribution >= 0.6 is 0 Å². The Morgan fingerprint density at radius 1 is 1.53 bits per heavy atom. The van der Waals surface area contributed by atoms with Crippen molar-refractivity contribution >= 4 is 11.7 Å². The van der Waals surface area contributed by atoms with Crippen LogP contribution < -0.4 is 10.2 Å². The minimum absolute atomic E-state index is 0.0519. The van der Waals surface area contributed by atoms with Crippen molar-refractivity contribution in [1.82, 2.24) is 10.3 Å². The number of aromatic nitrogens is 1. The zero-order valence-corrected chi connectivity index (χ0v) is 11.6. The Bertz CT molecular complexity index is 430. The van der Waals surface area contributed by atoms with Crippen LogP contribution in [0.1, 0.15) is 30.6 Å². The first-order valence-corrected chi connectivity index (χ1v) is 6.81. The standard InChI is InChI=1S/C14H21N3O2/c1-3-11(2)16-14(18)12-5-4-6-15-13(12)17-7-9-19-10-8-17/h4-6,11H,3,7-10H2,1-2H3,(H,16,18)/t11-/m0/s1. The van der Waals surface area contributed by atoms with Crippen LogP contribution in [0.5, 0.6) is 0 Å². The van der Waals surface area contributed by atoms with Gasteiger partial charge >= 0.3 is 0 Å². The van der Waals surface area contributed by atoms with E-state index >= 15 is 0 Å². The molecule has 5 nitrogen and oxygen atoms in total. The molecule has 1 N–H and O–H groups in total. The highest BCUT2D eigenvalue weighted by Crippen LogP contribution is 2.18. The van der Waals surface area contributed by atoms with Gasteiger partial charge in [-0.15, -0.1) is 0 Å². The summed E-state index contributed by atoms with van der Waals surface area (Å²) in [6.45, 7) is 6.98. The summed E-state index contributed by atoms with van der Waals surface area (Å²) >= 11 is 0. The lowest BCUT2D eigenvalue weighted by Crippen LogP contribution is -2.39. The molecule has 0 saturated carbocycles. The molecule has 1 atom stereocenters. The van der Waals surface area contributed by atoms with E-state index in [2.05, 4.69) is 22.1 Å². The molecule has 104 valence electrons. The number of nitrogens with one attached hydrogen (secondary N) is 1. The second-order valence-corrected chi connectivity index (χ2v) is 4.76. The summed E-state index contributed by atoms with van der Waals surface area (Å²) in [7, 11) is 0. The van der Waals surface area contributed by atoms with E-state index in [-0.39, 0.29) is 11.9 Å². The molecule has 1 aliphatic rings. The maximum Gasteiger partial charge on any atom is 0.255 e. The Morgan fingerprint density at radius 3 is 2.95 bits per heavy atom. The van der Waals surface area contributed by atoms with Gasteiger partial charge in [0.2, 0.25) is 0 Å². The van der Waals surface area contributed by atoms with E-state index in [1.807, 2.05) is 13.0 Å². The Hall–Kier alpha value is -1.62. The van der Waals surface area contributed by atoms with Crippen molar-refractivity contribution in [2.45, 2.75) is 26.3 Å². The molecule has 0 radical (unpaired) electrons. The Kier molecular flexibility index (Phi) is 4.74. The first-order chi connectivity index (χ1) is 9.22. The van der Waals surface area contributed by atoms with Crippen LogP contribution in [0.4, 0.5) is 5.82 Å². The first-order valence-electron chi connectivity index (χ1n) is 6.81. The fourth-order valence-electron chi connectivity index (χ4n) is 2.00. The number of anilines is 1. The van der Waals surface area contributed by atoms with E-state index in [4.69, 9.17) is 4.74 Å².